The lowest BCUT2D eigenvalue weighted by molar-refractivity contribution is -0.135. The molecule has 0 radical (unpaired) electrons. The summed E-state index contributed by atoms with van der Waals surface area (Å²) in [5, 5.41) is 3.80. The van der Waals surface area contributed by atoms with Crippen LogP contribution in [0.1, 0.15) is 30.5 Å². The molecule has 2 saturated heterocycles. The maximum Gasteiger partial charge on any atom is 0.226 e. The van der Waals surface area contributed by atoms with Crippen molar-refractivity contribution in [1.82, 2.24) is 9.47 Å². The number of amides is 1. The fraction of sp³-hybridized carbons (Fsp3) is 0.346. The van der Waals surface area contributed by atoms with Crippen molar-refractivity contribution in [2.24, 2.45) is 0 Å². The van der Waals surface area contributed by atoms with Gasteiger partial charge in [0.2, 0.25) is 5.91 Å². The highest BCUT2D eigenvalue weighted by Crippen LogP contribution is 2.50. The average molecular weight is 432 g/mol. The summed E-state index contributed by atoms with van der Waals surface area (Å²) in [7, 11) is 0. The molecule has 3 aliphatic rings. The second-order valence-electron chi connectivity index (χ2n) is 9.32. The van der Waals surface area contributed by atoms with Gasteiger partial charge in [0.1, 0.15) is 11.4 Å². The highest BCUT2D eigenvalue weighted by atomic mass is 19.1. The van der Waals surface area contributed by atoms with E-state index in [4.69, 9.17) is 4.74 Å². The minimum atomic E-state index is -0.302. The predicted molar refractivity (Wildman–Crippen MR) is 120 cm³/mol. The lowest BCUT2D eigenvalue weighted by atomic mass is 9.79. The molecule has 1 aromatic heterocycles. The molecular formula is C26H26FN3O2. The highest BCUT2D eigenvalue weighted by Gasteiger charge is 2.54. The SMILES string of the molecule is O=C(Cc1cccc(F)c1)N1CCC2(CC1)CC1(CO2)Nc2ccccc2-n2cccc21. The molecule has 1 N–H and O–H groups in total. The van der Waals surface area contributed by atoms with Crippen LogP contribution >= 0.6 is 0 Å². The first-order chi connectivity index (χ1) is 15.6. The third-order valence-corrected chi connectivity index (χ3v) is 7.30. The molecule has 5 nitrogen and oxygen atoms in total. The molecule has 2 fully saturated rings. The van der Waals surface area contributed by atoms with E-state index in [2.05, 4.69) is 52.5 Å². The minimum Gasteiger partial charge on any atom is -0.372 e. The van der Waals surface area contributed by atoms with Gasteiger partial charge in [-0.1, -0.05) is 24.3 Å². The first-order valence-electron chi connectivity index (χ1n) is 11.3. The van der Waals surface area contributed by atoms with Gasteiger partial charge in [0.05, 0.1) is 35.7 Å². The van der Waals surface area contributed by atoms with E-state index < -0.39 is 0 Å². The number of hydrogen-bond acceptors (Lipinski definition) is 3. The number of rotatable bonds is 2. The third-order valence-electron chi connectivity index (χ3n) is 7.30. The molecule has 4 heterocycles. The molecule has 6 rings (SSSR count). The number of benzene rings is 2. The number of hydrogen-bond donors (Lipinski definition) is 1. The van der Waals surface area contributed by atoms with E-state index in [9.17, 15) is 9.18 Å². The van der Waals surface area contributed by atoms with Crippen LogP contribution in [0.2, 0.25) is 0 Å². The van der Waals surface area contributed by atoms with Crippen LogP contribution in [0, 0.1) is 5.82 Å². The van der Waals surface area contributed by atoms with Crippen molar-refractivity contribution in [3.8, 4) is 5.69 Å². The van der Waals surface area contributed by atoms with Gasteiger partial charge < -0.3 is 19.5 Å². The van der Waals surface area contributed by atoms with Crippen LogP contribution in [-0.2, 0) is 21.5 Å². The van der Waals surface area contributed by atoms with Crippen LogP contribution in [0.15, 0.2) is 66.9 Å². The van der Waals surface area contributed by atoms with E-state index in [1.165, 1.54) is 17.8 Å². The number of aromatic nitrogens is 1. The number of carbonyl (C=O) groups excluding carboxylic acids is 1. The average Bonchev–Trinajstić information content (AvgIpc) is 3.42. The molecule has 1 amide bonds. The summed E-state index contributed by atoms with van der Waals surface area (Å²) < 4.78 is 22.2. The lowest BCUT2D eigenvalue weighted by Gasteiger charge is -2.41. The molecule has 2 spiro atoms. The predicted octanol–water partition coefficient (Wildman–Crippen LogP) is 4.26. The van der Waals surface area contributed by atoms with E-state index >= 15 is 0 Å². The number of likely N-dealkylation sites (tertiary alicyclic amines) is 1. The van der Waals surface area contributed by atoms with Crippen molar-refractivity contribution in [3.05, 3.63) is 83.9 Å². The fourth-order valence-corrected chi connectivity index (χ4v) is 5.68. The zero-order valence-corrected chi connectivity index (χ0v) is 17.9. The van der Waals surface area contributed by atoms with E-state index in [1.54, 1.807) is 12.1 Å². The first-order valence-corrected chi connectivity index (χ1v) is 11.3. The fourth-order valence-electron chi connectivity index (χ4n) is 5.68. The van der Waals surface area contributed by atoms with Gasteiger partial charge in [-0.2, -0.15) is 0 Å². The molecule has 0 bridgehead atoms. The maximum absolute atomic E-state index is 13.5. The number of halogens is 1. The van der Waals surface area contributed by atoms with Crippen LogP contribution in [-0.4, -0.2) is 40.7 Å². The Labute approximate surface area is 186 Å². The van der Waals surface area contributed by atoms with Crippen LogP contribution in [0.3, 0.4) is 0 Å². The second-order valence-corrected chi connectivity index (χ2v) is 9.32. The quantitative estimate of drug-likeness (QED) is 0.660. The number of fused-ring (bicyclic) bond motifs is 4. The molecule has 1 atom stereocenters. The molecule has 0 aliphatic carbocycles. The molecular weight excluding hydrogens is 405 g/mol. The summed E-state index contributed by atoms with van der Waals surface area (Å²) in [5.41, 5.74) is 3.75. The zero-order valence-electron chi connectivity index (χ0n) is 17.9. The van der Waals surface area contributed by atoms with Crippen molar-refractivity contribution < 1.29 is 13.9 Å². The Morgan fingerprint density at radius 3 is 2.75 bits per heavy atom. The second kappa shape index (κ2) is 7.20. The van der Waals surface area contributed by atoms with Gasteiger partial charge in [0.15, 0.2) is 0 Å². The molecule has 1 unspecified atom stereocenters. The van der Waals surface area contributed by atoms with Crippen LogP contribution in [0.4, 0.5) is 10.1 Å². The largest absolute Gasteiger partial charge is 0.372 e. The Hall–Kier alpha value is -3.12. The van der Waals surface area contributed by atoms with Crippen LogP contribution < -0.4 is 5.32 Å². The standard InChI is InChI=1S/C26H26FN3O2/c27-20-6-3-5-19(15-20)16-24(31)29-13-10-25(11-14-29)17-26(18-32-25)23-9-4-12-30(23)22-8-2-1-7-21(22)28-26/h1-9,12,15,28H,10-11,13-14,16-18H2. The van der Waals surface area contributed by atoms with Crippen molar-refractivity contribution in [3.63, 3.8) is 0 Å². The molecule has 2 aromatic carbocycles. The Bertz CT molecular complexity index is 1180. The molecule has 164 valence electrons. The van der Waals surface area contributed by atoms with Gasteiger partial charge >= 0.3 is 0 Å². The molecule has 6 heteroatoms. The first kappa shape index (κ1) is 19.6. The summed E-state index contributed by atoms with van der Waals surface area (Å²) in [6, 6.07) is 19.0. The Morgan fingerprint density at radius 1 is 1.06 bits per heavy atom. The van der Waals surface area contributed by atoms with E-state index in [1.807, 2.05) is 4.90 Å². The Kier molecular flexibility index (Phi) is 4.40. The molecule has 3 aliphatic heterocycles. The highest BCUT2D eigenvalue weighted by molar-refractivity contribution is 5.79. The van der Waals surface area contributed by atoms with Gasteiger partial charge in [-0.15, -0.1) is 0 Å². The van der Waals surface area contributed by atoms with Gasteiger partial charge in [0.25, 0.3) is 0 Å². The van der Waals surface area contributed by atoms with Crippen molar-refractivity contribution in [2.75, 3.05) is 25.0 Å². The number of nitrogens with one attached hydrogen (secondary N) is 1. The number of para-hydroxylation sites is 2. The molecule has 3 aromatic rings. The van der Waals surface area contributed by atoms with Gasteiger partial charge in [-0.05, 0) is 54.8 Å². The number of piperidine rings is 1. The summed E-state index contributed by atoms with van der Waals surface area (Å²) in [6.45, 7) is 1.95. The van der Waals surface area contributed by atoms with Crippen molar-refractivity contribution in [2.45, 2.75) is 36.8 Å². The zero-order chi connectivity index (χ0) is 21.8. The van der Waals surface area contributed by atoms with Gasteiger partial charge in [0, 0.05) is 25.7 Å². The van der Waals surface area contributed by atoms with Crippen molar-refractivity contribution >= 4 is 11.6 Å². The smallest absolute Gasteiger partial charge is 0.226 e. The lowest BCUT2D eigenvalue weighted by Crippen LogP contribution is -2.48. The summed E-state index contributed by atoms with van der Waals surface area (Å²) in [4.78, 5) is 14.7. The van der Waals surface area contributed by atoms with Gasteiger partial charge in [-0.25, -0.2) is 4.39 Å². The summed E-state index contributed by atoms with van der Waals surface area (Å²) >= 11 is 0. The van der Waals surface area contributed by atoms with E-state index in [0.29, 0.717) is 19.7 Å². The Morgan fingerprint density at radius 2 is 1.91 bits per heavy atom. The van der Waals surface area contributed by atoms with Crippen LogP contribution in [0.5, 0.6) is 0 Å². The van der Waals surface area contributed by atoms with Crippen LogP contribution in [0.25, 0.3) is 5.69 Å². The molecule has 0 saturated carbocycles. The third kappa shape index (κ3) is 3.13. The normalized spacial score (nSPS) is 23.1. The maximum atomic E-state index is 13.5. The minimum absolute atomic E-state index is 0.0526. The number of carbonyl (C=O) groups is 1. The number of nitrogens with zero attached hydrogens (tertiary/aromatic N) is 2. The Balaban J connectivity index is 1.17. The molecule has 32 heavy (non-hydrogen) atoms. The van der Waals surface area contributed by atoms with E-state index in [-0.39, 0.29) is 29.3 Å². The number of ether oxygens (including phenoxy) is 1. The van der Waals surface area contributed by atoms with Crippen molar-refractivity contribution in [1.29, 1.82) is 0 Å². The monoisotopic (exact) mass is 431 g/mol. The summed E-state index contributed by atoms with van der Waals surface area (Å²) in [6.07, 6.45) is 4.86. The number of anilines is 1. The summed E-state index contributed by atoms with van der Waals surface area (Å²) in [5.74, 6) is -0.249. The van der Waals surface area contributed by atoms with E-state index in [0.717, 1.165) is 36.2 Å². The van der Waals surface area contributed by atoms with Gasteiger partial charge in [-0.3, -0.25) is 4.79 Å². The topological polar surface area (TPSA) is 46.5 Å².